The second-order valence-electron chi connectivity index (χ2n) is 4.17. The molecule has 1 fully saturated rings. The van der Waals surface area contributed by atoms with E-state index in [4.69, 9.17) is 4.74 Å². The molecule has 0 radical (unpaired) electrons. The van der Waals surface area contributed by atoms with Crippen LogP contribution in [0.5, 0.6) is 0 Å². The topological polar surface area (TPSA) is 25.4 Å². The second-order valence-corrected chi connectivity index (χ2v) is 4.17. The lowest BCUT2D eigenvalue weighted by Crippen LogP contribution is -2.39. The molecule has 1 aliphatic rings. The van der Waals surface area contributed by atoms with E-state index in [9.17, 15) is 0 Å². The van der Waals surface area contributed by atoms with Crippen LogP contribution in [0.25, 0.3) is 0 Å². The summed E-state index contributed by atoms with van der Waals surface area (Å²) in [5, 5.41) is 0. The molecule has 3 heteroatoms. The van der Waals surface area contributed by atoms with Gasteiger partial charge >= 0.3 is 0 Å². The summed E-state index contributed by atoms with van der Waals surface area (Å²) in [6.45, 7) is 7.14. The summed E-state index contributed by atoms with van der Waals surface area (Å²) in [6, 6.07) is 5.95. The fraction of sp³-hybridized carbons (Fsp3) is 0.545. The Hall–Kier alpha value is -1.09. The highest BCUT2D eigenvalue weighted by atomic mass is 16.5. The highest BCUT2D eigenvalue weighted by Crippen LogP contribution is 2.30. The van der Waals surface area contributed by atoms with Gasteiger partial charge in [-0.2, -0.15) is 0 Å². The van der Waals surface area contributed by atoms with Gasteiger partial charge in [-0.25, -0.2) is 4.98 Å². The highest BCUT2D eigenvalue weighted by Gasteiger charge is 2.37. The first kappa shape index (κ1) is 9.46. The van der Waals surface area contributed by atoms with Gasteiger partial charge in [0, 0.05) is 12.7 Å². The third kappa shape index (κ3) is 1.60. The summed E-state index contributed by atoms with van der Waals surface area (Å²) in [7, 11) is 0. The van der Waals surface area contributed by atoms with Gasteiger partial charge in [0.15, 0.2) is 0 Å². The van der Waals surface area contributed by atoms with Crippen molar-refractivity contribution >= 4 is 5.82 Å². The molecule has 1 atom stereocenters. The van der Waals surface area contributed by atoms with Crippen LogP contribution in [0.15, 0.2) is 24.4 Å². The highest BCUT2D eigenvalue weighted by molar-refractivity contribution is 5.41. The molecule has 1 aromatic heterocycles. The zero-order valence-corrected chi connectivity index (χ0v) is 8.90. The Labute approximate surface area is 84.7 Å². The Morgan fingerprint density at radius 1 is 1.50 bits per heavy atom. The monoisotopic (exact) mass is 192 g/mol. The first-order valence-electron chi connectivity index (χ1n) is 4.96. The maximum absolute atomic E-state index is 5.80. The van der Waals surface area contributed by atoms with Gasteiger partial charge in [0.25, 0.3) is 0 Å². The fourth-order valence-corrected chi connectivity index (χ4v) is 1.95. The summed E-state index contributed by atoms with van der Waals surface area (Å²) >= 11 is 0. The van der Waals surface area contributed by atoms with Crippen molar-refractivity contribution in [2.24, 2.45) is 0 Å². The molecular formula is C11H16N2O. The number of pyridine rings is 1. The van der Waals surface area contributed by atoms with Crippen molar-refractivity contribution in [3.63, 3.8) is 0 Å². The Bertz CT molecular complexity index is 310. The van der Waals surface area contributed by atoms with Crippen LogP contribution in [0, 0.1) is 0 Å². The van der Waals surface area contributed by atoms with Crippen molar-refractivity contribution in [3.05, 3.63) is 24.4 Å². The second kappa shape index (κ2) is 3.24. The summed E-state index contributed by atoms with van der Waals surface area (Å²) < 4.78 is 5.80. The number of rotatable bonds is 1. The summed E-state index contributed by atoms with van der Waals surface area (Å²) in [5.74, 6) is 0.988. The minimum absolute atomic E-state index is 0.242. The van der Waals surface area contributed by atoms with E-state index in [-0.39, 0.29) is 11.8 Å². The first-order chi connectivity index (χ1) is 6.59. The predicted octanol–water partition coefficient (Wildman–Crippen LogP) is 2.04. The van der Waals surface area contributed by atoms with Crippen LogP contribution in [-0.4, -0.2) is 23.4 Å². The third-order valence-electron chi connectivity index (χ3n) is 2.51. The van der Waals surface area contributed by atoms with Crippen LogP contribution in [0.2, 0.25) is 0 Å². The average molecular weight is 192 g/mol. The van der Waals surface area contributed by atoms with E-state index in [0.717, 1.165) is 12.4 Å². The van der Waals surface area contributed by atoms with Gasteiger partial charge in [0.1, 0.15) is 11.5 Å². The number of nitrogens with zero attached hydrogens (tertiary/aromatic N) is 2. The molecule has 2 rings (SSSR count). The van der Waals surface area contributed by atoms with E-state index >= 15 is 0 Å². The minimum Gasteiger partial charge on any atom is -0.351 e. The van der Waals surface area contributed by atoms with E-state index in [1.165, 1.54) is 0 Å². The lowest BCUT2D eigenvalue weighted by Gasteiger charge is -2.30. The Morgan fingerprint density at radius 3 is 2.79 bits per heavy atom. The smallest absolute Gasteiger partial charge is 0.137 e. The molecule has 1 unspecified atom stereocenters. The van der Waals surface area contributed by atoms with E-state index in [1.54, 1.807) is 0 Å². The zero-order chi connectivity index (χ0) is 10.2. The van der Waals surface area contributed by atoms with Crippen molar-refractivity contribution in [3.8, 4) is 0 Å². The van der Waals surface area contributed by atoms with Crippen molar-refractivity contribution < 1.29 is 4.74 Å². The Balaban J connectivity index is 2.27. The van der Waals surface area contributed by atoms with Gasteiger partial charge in [0.2, 0.25) is 0 Å². The fourth-order valence-electron chi connectivity index (χ4n) is 1.95. The molecule has 0 spiro atoms. The van der Waals surface area contributed by atoms with Crippen LogP contribution in [0.1, 0.15) is 20.8 Å². The van der Waals surface area contributed by atoms with Gasteiger partial charge in [-0.1, -0.05) is 6.07 Å². The molecule has 0 saturated carbocycles. The molecule has 1 saturated heterocycles. The van der Waals surface area contributed by atoms with Crippen LogP contribution in [0.3, 0.4) is 0 Å². The van der Waals surface area contributed by atoms with Crippen molar-refractivity contribution in [2.75, 3.05) is 11.4 Å². The van der Waals surface area contributed by atoms with Gasteiger partial charge in [0.05, 0.1) is 6.10 Å². The SMILES string of the molecule is CC1CN(c2ccccn2)C(C)(C)O1. The normalized spacial score (nSPS) is 25.4. The van der Waals surface area contributed by atoms with E-state index in [0.29, 0.717) is 0 Å². The molecule has 1 aromatic rings. The largest absolute Gasteiger partial charge is 0.351 e. The quantitative estimate of drug-likeness (QED) is 0.681. The molecule has 2 heterocycles. The van der Waals surface area contributed by atoms with Gasteiger partial charge in [-0.3, -0.25) is 0 Å². The van der Waals surface area contributed by atoms with Crippen LogP contribution in [-0.2, 0) is 4.74 Å². The summed E-state index contributed by atoms with van der Waals surface area (Å²) in [6.07, 6.45) is 2.08. The molecule has 0 N–H and O–H groups in total. The zero-order valence-electron chi connectivity index (χ0n) is 8.90. The minimum atomic E-state index is -0.242. The van der Waals surface area contributed by atoms with Crippen molar-refractivity contribution in [1.29, 1.82) is 0 Å². The molecule has 76 valence electrons. The standard InChI is InChI=1S/C11H16N2O/c1-9-8-13(11(2,3)14-9)10-6-4-5-7-12-10/h4-7,9H,8H2,1-3H3. The molecule has 1 aliphatic heterocycles. The first-order valence-corrected chi connectivity index (χ1v) is 4.96. The third-order valence-corrected chi connectivity index (χ3v) is 2.51. The lowest BCUT2D eigenvalue weighted by atomic mass is 10.2. The van der Waals surface area contributed by atoms with E-state index < -0.39 is 0 Å². The molecule has 0 aromatic carbocycles. The molecule has 0 bridgehead atoms. The molecule has 14 heavy (non-hydrogen) atoms. The lowest BCUT2D eigenvalue weighted by molar-refractivity contribution is -0.00457. The maximum atomic E-state index is 5.80. The molecule has 3 nitrogen and oxygen atoms in total. The van der Waals surface area contributed by atoms with Crippen LogP contribution in [0.4, 0.5) is 5.82 Å². The number of anilines is 1. The number of aromatic nitrogens is 1. The Morgan fingerprint density at radius 2 is 2.29 bits per heavy atom. The van der Waals surface area contributed by atoms with Gasteiger partial charge < -0.3 is 9.64 Å². The van der Waals surface area contributed by atoms with Gasteiger partial charge in [-0.05, 0) is 32.9 Å². The maximum Gasteiger partial charge on any atom is 0.137 e. The summed E-state index contributed by atoms with van der Waals surface area (Å²) in [5.41, 5.74) is -0.242. The van der Waals surface area contributed by atoms with Crippen LogP contribution >= 0.6 is 0 Å². The van der Waals surface area contributed by atoms with Crippen molar-refractivity contribution in [2.45, 2.75) is 32.6 Å². The van der Waals surface area contributed by atoms with Gasteiger partial charge in [-0.15, -0.1) is 0 Å². The number of hydrogen-bond acceptors (Lipinski definition) is 3. The molecule has 0 amide bonds. The molecule has 0 aliphatic carbocycles. The number of ether oxygens (including phenoxy) is 1. The number of hydrogen-bond donors (Lipinski definition) is 0. The predicted molar refractivity (Wildman–Crippen MR) is 56.2 cm³/mol. The van der Waals surface area contributed by atoms with E-state index in [1.807, 2.05) is 24.4 Å². The average Bonchev–Trinajstić information content (AvgIpc) is 2.41. The van der Waals surface area contributed by atoms with Crippen LogP contribution < -0.4 is 4.90 Å². The van der Waals surface area contributed by atoms with Crippen molar-refractivity contribution in [1.82, 2.24) is 4.98 Å². The summed E-state index contributed by atoms with van der Waals surface area (Å²) in [4.78, 5) is 6.53. The molecular weight excluding hydrogens is 176 g/mol. The Kier molecular flexibility index (Phi) is 2.19. The van der Waals surface area contributed by atoms with E-state index in [2.05, 4.69) is 30.7 Å².